The van der Waals surface area contributed by atoms with Gasteiger partial charge >= 0.3 is 12.1 Å². The van der Waals surface area contributed by atoms with Gasteiger partial charge in [-0.15, -0.1) is 4.68 Å². The van der Waals surface area contributed by atoms with E-state index in [9.17, 15) is 9.59 Å². The summed E-state index contributed by atoms with van der Waals surface area (Å²) < 4.78 is 13.7. The summed E-state index contributed by atoms with van der Waals surface area (Å²) in [5.41, 5.74) is 0.690. The number of aryl methyl sites for hydroxylation is 2. The summed E-state index contributed by atoms with van der Waals surface area (Å²) in [4.78, 5) is 22.4. The Labute approximate surface area is 145 Å². The number of hydrogen-bond donors (Lipinski definition) is 2. The number of carboxylic acid groups (broad SMARTS) is 1. The SMILES string of the molecule is C[n+]1cc(-c2cc(C(=O)O)on2)cn1CCCNC(=O)OC(C)(C)C. The molecule has 25 heavy (non-hydrogen) atoms. The standard InChI is InChI=1S/C16H22N4O5/c1-16(2,3)24-15(23)17-6-5-7-20-10-11(9-19(20)4)12-8-13(14(21)22)25-18-12/h8-10H,5-7H2,1-4H3,(H-,17,21,22,23)/p+1. The van der Waals surface area contributed by atoms with Crippen LogP contribution in [0.1, 0.15) is 37.7 Å². The fourth-order valence-corrected chi connectivity index (χ4v) is 2.17. The van der Waals surface area contributed by atoms with Crippen molar-refractivity contribution >= 4 is 12.1 Å². The fraction of sp³-hybridized carbons (Fsp3) is 0.500. The molecule has 9 heteroatoms. The molecule has 2 rings (SSSR count). The molecule has 0 aliphatic rings. The quantitative estimate of drug-likeness (QED) is 0.604. The molecule has 2 N–H and O–H groups in total. The van der Waals surface area contributed by atoms with Crippen LogP contribution in [-0.2, 0) is 18.3 Å². The number of carbonyl (C=O) groups excluding carboxylic acids is 1. The summed E-state index contributed by atoms with van der Waals surface area (Å²) in [5.74, 6) is -1.36. The molecule has 136 valence electrons. The first-order valence-electron chi connectivity index (χ1n) is 7.89. The van der Waals surface area contributed by atoms with Gasteiger partial charge in [-0.1, -0.05) is 5.16 Å². The molecule has 0 saturated heterocycles. The van der Waals surface area contributed by atoms with E-state index in [2.05, 4.69) is 10.5 Å². The predicted octanol–water partition coefficient (Wildman–Crippen LogP) is 1.58. The summed E-state index contributed by atoms with van der Waals surface area (Å²) in [5, 5.41) is 15.3. The molecule has 0 aliphatic heterocycles. The minimum atomic E-state index is -1.16. The first-order valence-corrected chi connectivity index (χ1v) is 7.89. The predicted molar refractivity (Wildman–Crippen MR) is 86.9 cm³/mol. The zero-order chi connectivity index (χ0) is 18.6. The Bertz CT molecular complexity index is 757. The van der Waals surface area contributed by atoms with Crippen LogP contribution >= 0.6 is 0 Å². The number of aromatic carboxylic acids is 1. The van der Waals surface area contributed by atoms with Gasteiger partial charge in [-0.05, 0) is 27.2 Å². The monoisotopic (exact) mass is 351 g/mol. The van der Waals surface area contributed by atoms with Gasteiger partial charge in [-0.3, -0.25) is 0 Å². The lowest BCUT2D eigenvalue weighted by molar-refractivity contribution is -0.753. The van der Waals surface area contributed by atoms with E-state index < -0.39 is 17.7 Å². The molecule has 0 atom stereocenters. The van der Waals surface area contributed by atoms with Crippen molar-refractivity contribution in [3.63, 3.8) is 0 Å². The molecule has 0 unspecified atom stereocenters. The van der Waals surface area contributed by atoms with Crippen molar-refractivity contribution in [3.05, 3.63) is 24.2 Å². The molecule has 1 amide bonds. The van der Waals surface area contributed by atoms with Gasteiger partial charge in [0.05, 0.1) is 18.3 Å². The van der Waals surface area contributed by atoms with Gasteiger partial charge in [-0.2, -0.15) is 4.68 Å². The van der Waals surface area contributed by atoms with E-state index in [-0.39, 0.29) is 5.76 Å². The van der Waals surface area contributed by atoms with Crippen molar-refractivity contribution in [1.82, 2.24) is 15.2 Å². The normalized spacial score (nSPS) is 11.4. The van der Waals surface area contributed by atoms with Gasteiger partial charge in [-0.25, -0.2) is 9.59 Å². The van der Waals surface area contributed by atoms with Crippen LogP contribution < -0.4 is 10.00 Å². The van der Waals surface area contributed by atoms with Gasteiger partial charge in [0.2, 0.25) is 12.0 Å². The lowest BCUT2D eigenvalue weighted by Gasteiger charge is -2.19. The molecule has 0 aliphatic carbocycles. The van der Waals surface area contributed by atoms with Crippen LogP contribution in [0.2, 0.25) is 0 Å². The van der Waals surface area contributed by atoms with E-state index in [4.69, 9.17) is 14.4 Å². The fourth-order valence-electron chi connectivity index (χ4n) is 2.17. The average molecular weight is 351 g/mol. The van der Waals surface area contributed by atoms with Crippen molar-refractivity contribution in [2.45, 2.75) is 39.3 Å². The number of amides is 1. The Kier molecular flexibility index (Phi) is 5.45. The van der Waals surface area contributed by atoms with Gasteiger partial charge in [0, 0.05) is 12.6 Å². The van der Waals surface area contributed by atoms with Crippen LogP contribution in [0.25, 0.3) is 11.3 Å². The number of rotatable bonds is 6. The van der Waals surface area contributed by atoms with E-state index in [1.807, 2.05) is 49.6 Å². The highest BCUT2D eigenvalue weighted by Gasteiger charge is 2.18. The molecule has 2 heterocycles. The summed E-state index contributed by atoms with van der Waals surface area (Å²) in [6, 6.07) is 1.38. The Morgan fingerprint density at radius 2 is 2.16 bits per heavy atom. The van der Waals surface area contributed by atoms with E-state index in [0.29, 0.717) is 25.2 Å². The Morgan fingerprint density at radius 1 is 1.44 bits per heavy atom. The third kappa shape index (κ3) is 5.33. The largest absolute Gasteiger partial charge is 0.475 e. The maximum atomic E-state index is 11.6. The molecule has 0 saturated carbocycles. The second-order valence-electron chi connectivity index (χ2n) is 6.61. The molecule has 0 radical (unpaired) electrons. The van der Waals surface area contributed by atoms with Crippen LogP contribution in [-0.4, -0.2) is 39.2 Å². The molecule has 0 aromatic carbocycles. The molecule has 2 aromatic rings. The maximum Gasteiger partial charge on any atom is 0.407 e. The number of aromatic nitrogens is 3. The zero-order valence-corrected chi connectivity index (χ0v) is 14.8. The minimum absolute atomic E-state index is 0.202. The van der Waals surface area contributed by atoms with Gasteiger partial charge in [0.15, 0.2) is 7.05 Å². The molecule has 0 fully saturated rings. The van der Waals surface area contributed by atoms with Gasteiger partial charge < -0.3 is 19.7 Å². The van der Waals surface area contributed by atoms with Crippen LogP contribution in [0.4, 0.5) is 4.79 Å². The second-order valence-corrected chi connectivity index (χ2v) is 6.61. The van der Waals surface area contributed by atoms with Crippen LogP contribution in [0, 0.1) is 0 Å². The lowest BCUT2D eigenvalue weighted by Crippen LogP contribution is -2.39. The summed E-state index contributed by atoms with van der Waals surface area (Å²) in [6.07, 6.45) is 3.94. The molecular weight excluding hydrogens is 328 g/mol. The van der Waals surface area contributed by atoms with Crippen molar-refractivity contribution in [2.24, 2.45) is 7.05 Å². The Balaban J connectivity index is 1.88. The third-order valence-corrected chi connectivity index (χ3v) is 3.27. The number of nitrogens with one attached hydrogen (secondary N) is 1. The van der Waals surface area contributed by atoms with Crippen molar-refractivity contribution in [1.29, 1.82) is 0 Å². The van der Waals surface area contributed by atoms with Crippen molar-refractivity contribution < 1.29 is 28.6 Å². The molecule has 2 aromatic heterocycles. The molecule has 0 spiro atoms. The maximum absolute atomic E-state index is 11.6. The summed E-state index contributed by atoms with van der Waals surface area (Å²) >= 11 is 0. The number of alkyl carbamates (subject to hydrolysis) is 1. The minimum Gasteiger partial charge on any atom is -0.475 e. The van der Waals surface area contributed by atoms with Crippen LogP contribution in [0.15, 0.2) is 23.0 Å². The summed E-state index contributed by atoms with van der Waals surface area (Å²) in [7, 11) is 1.86. The number of nitrogens with zero attached hydrogens (tertiary/aromatic N) is 3. The lowest BCUT2D eigenvalue weighted by atomic mass is 10.2. The molecule has 0 bridgehead atoms. The van der Waals surface area contributed by atoms with E-state index >= 15 is 0 Å². The summed E-state index contributed by atoms with van der Waals surface area (Å²) in [6.45, 7) is 6.58. The van der Waals surface area contributed by atoms with Crippen molar-refractivity contribution in [2.75, 3.05) is 6.54 Å². The Hall–Kier alpha value is -2.84. The first-order chi connectivity index (χ1) is 11.7. The van der Waals surface area contributed by atoms with Gasteiger partial charge in [0.1, 0.15) is 11.3 Å². The Morgan fingerprint density at radius 3 is 2.76 bits per heavy atom. The van der Waals surface area contributed by atoms with E-state index in [1.54, 1.807) is 0 Å². The zero-order valence-electron chi connectivity index (χ0n) is 14.8. The van der Waals surface area contributed by atoms with Crippen LogP contribution in [0.3, 0.4) is 0 Å². The molecular formula is C16H23N4O5+. The van der Waals surface area contributed by atoms with Crippen molar-refractivity contribution in [3.8, 4) is 11.3 Å². The first kappa shape index (κ1) is 18.5. The van der Waals surface area contributed by atoms with E-state index in [1.165, 1.54) is 6.07 Å². The number of hydrogen-bond acceptors (Lipinski definition) is 5. The topological polar surface area (TPSA) is 110 Å². The second kappa shape index (κ2) is 7.37. The molecule has 9 nitrogen and oxygen atoms in total. The highest BCUT2D eigenvalue weighted by molar-refractivity contribution is 5.85. The third-order valence-electron chi connectivity index (χ3n) is 3.27. The number of ether oxygens (including phenoxy) is 1. The smallest absolute Gasteiger partial charge is 0.407 e. The number of carboxylic acids is 1. The van der Waals surface area contributed by atoms with Gasteiger partial charge in [0.25, 0.3) is 0 Å². The average Bonchev–Trinajstić information content (AvgIpc) is 3.09. The highest BCUT2D eigenvalue weighted by atomic mass is 16.6. The van der Waals surface area contributed by atoms with E-state index in [0.717, 1.165) is 5.56 Å². The highest BCUT2D eigenvalue weighted by Crippen LogP contribution is 2.17. The number of carbonyl (C=O) groups is 2. The van der Waals surface area contributed by atoms with Crippen LogP contribution in [0.5, 0.6) is 0 Å².